The van der Waals surface area contributed by atoms with E-state index in [0.29, 0.717) is 29.7 Å². The van der Waals surface area contributed by atoms with Crippen LogP contribution >= 0.6 is 15.9 Å². The van der Waals surface area contributed by atoms with Gasteiger partial charge in [0.25, 0.3) is 5.56 Å². The average molecular weight is 501 g/mol. The second kappa shape index (κ2) is 9.03. The lowest BCUT2D eigenvalue weighted by Crippen LogP contribution is -2.40. The number of benzene rings is 3. The van der Waals surface area contributed by atoms with Crippen LogP contribution in [0.1, 0.15) is 11.5 Å². The third-order valence-corrected chi connectivity index (χ3v) is 6.27. The van der Waals surface area contributed by atoms with E-state index in [-0.39, 0.29) is 17.2 Å². The minimum atomic E-state index is -0.358. The molecule has 0 aliphatic rings. The van der Waals surface area contributed by atoms with E-state index in [1.165, 1.54) is 4.57 Å². The maximum absolute atomic E-state index is 13.8. The summed E-state index contributed by atoms with van der Waals surface area (Å²) < 4.78 is 5.78. The highest BCUT2D eigenvalue weighted by molar-refractivity contribution is 9.10. The zero-order valence-corrected chi connectivity index (χ0v) is 19.3. The smallest absolute Gasteiger partial charge is 0.336 e. The lowest BCUT2D eigenvalue weighted by molar-refractivity contribution is 0.478. The molecule has 5 aromatic rings. The van der Waals surface area contributed by atoms with Gasteiger partial charge >= 0.3 is 5.69 Å². The molecule has 0 amide bonds. The third kappa shape index (κ3) is 4.19. The Hall–Kier alpha value is -3.71. The zero-order valence-electron chi connectivity index (χ0n) is 17.7. The minimum absolute atomic E-state index is 0.00466. The van der Waals surface area contributed by atoms with Crippen LogP contribution < -0.4 is 11.2 Å². The molecule has 1 atom stereocenters. The van der Waals surface area contributed by atoms with Crippen molar-refractivity contribution in [1.82, 2.24) is 18.7 Å². The first-order valence-electron chi connectivity index (χ1n) is 10.6. The molecule has 0 saturated carbocycles. The molecule has 0 N–H and O–H groups in total. The molecule has 0 aliphatic carbocycles. The van der Waals surface area contributed by atoms with Crippen LogP contribution in [0.25, 0.3) is 16.6 Å². The van der Waals surface area contributed by atoms with Crippen LogP contribution in [-0.2, 0) is 13.1 Å². The van der Waals surface area contributed by atoms with E-state index in [1.54, 1.807) is 35.3 Å². The monoisotopic (exact) mass is 500 g/mol. The van der Waals surface area contributed by atoms with Crippen LogP contribution in [0.4, 0.5) is 0 Å². The Bertz CT molecular complexity index is 1520. The second-order valence-electron chi connectivity index (χ2n) is 7.90. The van der Waals surface area contributed by atoms with Gasteiger partial charge in [-0.1, -0.05) is 64.5 Å². The van der Waals surface area contributed by atoms with Gasteiger partial charge < -0.3 is 4.57 Å². The number of aromatic nitrogens is 4. The number of nitrogens with zero attached hydrogens (tertiary/aromatic N) is 4. The fourth-order valence-corrected chi connectivity index (χ4v) is 4.59. The van der Waals surface area contributed by atoms with Gasteiger partial charge in [-0.25, -0.2) is 14.3 Å². The minimum Gasteiger partial charge on any atom is -0.337 e. The Kier molecular flexibility index (Phi) is 5.79. The second-order valence-corrected chi connectivity index (χ2v) is 8.81. The van der Waals surface area contributed by atoms with Gasteiger partial charge in [0.2, 0.25) is 0 Å². The molecule has 1 unspecified atom stereocenters. The first-order chi connectivity index (χ1) is 16.1. The lowest BCUT2D eigenvalue weighted by Gasteiger charge is -2.22. The standard InChI is InChI=1S/C26H21BrN4O2/c27-21-9-6-10-22(15-21)31-25(32)23-11-4-5-12-24(23)30(26(31)33)17-20(16-29-14-13-28-18-29)19-7-2-1-3-8-19/h1-15,18,20H,16-17H2. The van der Waals surface area contributed by atoms with Gasteiger partial charge in [0.1, 0.15) is 0 Å². The van der Waals surface area contributed by atoms with Crippen LogP contribution in [-0.4, -0.2) is 18.7 Å². The summed E-state index contributed by atoms with van der Waals surface area (Å²) in [5.41, 5.74) is 1.59. The summed E-state index contributed by atoms with van der Waals surface area (Å²) in [7, 11) is 0. The highest BCUT2D eigenvalue weighted by atomic mass is 79.9. The molecule has 6 nitrogen and oxygen atoms in total. The number of para-hydroxylation sites is 1. The lowest BCUT2D eigenvalue weighted by atomic mass is 9.98. The fraction of sp³-hybridized carbons (Fsp3) is 0.115. The molecular formula is C26H21BrN4O2. The largest absolute Gasteiger partial charge is 0.337 e. The third-order valence-electron chi connectivity index (χ3n) is 5.78. The molecule has 33 heavy (non-hydrogen) atoms. The molecule has 7 heteroatoms. The van der Waals surface area contributed by atoms with Crippen LogP contribution in [0.3, 0.4) is 0 Å². The normalized spacial score (nSPS) is 12.2. The van der Waals surface area contributed by atoms with Crippen molar-refractivity contribution in [3.05, 3.63) is 128 Å². The van der Waals surface area contributed by atoms with Gasteiger partial charge in [-0.15, -0.1) is 0 Å². The number of hydrogen-bond acceptors (Lipinski definition) is 3. The highest BCUT2D eigenvalue weighted by Crippen LogP contribution is 2.22. The van der Waals surface area contributed by atoms with E-state index in [2.05, 4.69) is 33.0 Å². The highest BCUT2D eigenvalue weighted by Gasteiger charge is 2.19. The summed E-state index contributed by atoms with van der Waals surface area (Å²) in [5, 5.41) is 0.506. The van der Waals surface area contributed by atoms with Crippen molar-refractivity contribution in [2.75, 3.05) is 0 Å². The van der Waals surface area contributed by atoms with Gasteiger partial charge in [-0.3, -0.25) is 9.36 Å². The van der Waals surface area contributed by atoms with Crippen molar-refractivity contribution in [1.29, 1.82) is 0 Å². The van der Waals surface area contributed by atoms with E-state index < -0.39 is 0 Å². The summed E-state index contributed by atoms with van der Waals surface area (Å²) >= 11 is 3.45. The van der Waals surface area contributed by atoms with Crippen LogP contribution in [0.2, 0.25) is 0 Å². The van der Waals surface area contributed by atoms with E-state index in [4.69, 9.17) is 0 Å². The van der Waals surface area contributed by atoms with E-state index in [0.717, 1.165) is 10.0 Å². The fourth-order valence-electron chi connectivity index (χ4n) is 4.20. The summed E-state index contributed by atoms with van der Waals surface area (Å²) in [6.07, 6.45) is 5.44. The van der Waals surface area contributed by atoms with Crippen molar-refractivity contribution >= 4 is 26.8 Å². The molecule has 0 bridgehead atoms. The van der Waals surface area contributed by atoms with Crippen molar-refractivity contribution in [3.8, 4) is 5.69 Å². The average Bonchev–Trinajstić information content (AvgIpc) is 3.35. The van der Waals surface area contributed by atoms with Crippen LogP contribution in [0.5, 0.6) is 0 Å². The van der Waals surface area contributed by atoms with Crippen molar-refractivity contribution < 1.29 is 0 Å². The molecule has 2 heterocycles. The Morgan fingerprint density at radius 2 is 1.67 bits per heavy atom. The van der Waals surface area contributed by atoms with Crippen molar-refractivity contribution in [2.45, 2.75) is 19.0 Å². The maximum Gasteiger partial charge on any atom is 0.336 e. The Morgan fingerprint density at radius 3 is 2.42 bits per heavy atom. The summed E-state index contributed by atoms with van der Waals surface area (Å²) in [4.78, 5) is 31.3. The first-order valence-corrected chi connectivity index (χ1v) is 11.4. The van der Waals surface area contributed by atoms with Gasteiger partial charge in [0, 0.05) is 35.9 Å². The predicted molar refractivity (Wildman–Crippen MR) is 133 cm³/mol. The molecular weight excluding hydrogens is 480 g/mol. The number of halogens is 1. The maximum atomic E-state index is 13.8. The summed E-state index contributed by atoms with van der Waals surface area (Å²) in [5.74, 6) is -0.00466. The van der Waals surface area contributed by atoms with E-state index in [9.17, 15) is 9.59 Å². The number of imidazole rings is 1. The Balaban J connectivity index is 1.71. The van der Waals surface area contributed by atoms with Gasteiger partial charge in [0.15, 0.2) is 0 Å². The van der Waals surface area contributed by atoms with Gasteiger partial charge in [-0.05, 0) is 35.9 Å². The Morgan fingerprint density at radius 1 is 0.879 bits per heavy atom. The molecule has 0 saturated heterocycles. The van der Waals surface area contributed by atoms with Gasteiger partial charge in [0.05, 0.1) is 22.9 Å². The number of hydrogen-bond donors (Lipinski definition) is 0. The van der Waals surface area contributed by atoms with Crippen LogP contribution in [0.15, 0.2) is 112 Å². The SMILES string of the molecule is O=c1c2ccccc2n(CC(Cn2ccnc2)c2ccccc2)c(=O)n1-c1cccc(Br)c1. The predicted octanol–water partition coefficient (Wildman–Crippen LogP) is 4.60. The summed E-state index contributed by atoms with van der Waals surface area (Å²) in [6.45, 7) is 1.07. The van der Waals surface area contributed by atoms with E-state index >= 15 is 0 Å². The van der Waals surface area contributed by atoms with Gasteiger partial charge in [-0.2, -0.15) is 0 Å². The van der Waals surface area contributed by atoms with E-state index in [1.807, 2.05) is 59.3 Å². The van der Waals surface area contributed by atoms with Crippen molar-refractivity contribution in [3.63, 3.8) is 0 Å². The molecule has 0 aliphatic heterocycles. The first kappa shape index (κ1) is 21.2. The molecule has 0 spiro atoms. The molecule has 164 valence electrons. The van der Waals surface area contributed by atoms with Crippen LogP contribution in [0, 0.1) is 0 Å². The quantitative estimate of drug-likeness (QED) is 0.342. The Labute approximate surface area is 198 Å². The molecule has 0 radical (unpaired) electrons. The molecule has 3 aromatic carbocycles. The summed E-state index contributed by atoms with van der Waals surface area (Å²) in [6, 6.07) is 24.6. The molecule has 5 rings (SSSR count). The van der Waals surface area contributed by atoms with Crippen molar-refractivity contribution in [2.24, 2.45) is 0 Å². The topological polar surface area (TPSA) is 61.8 Å². The number of fused-ring (bicyclic) bond motifs is 1. The zero-order chi connectivity index (χ0) is 22.8. The number of rotatable bonds is 6. The molecule has 0 fully saturated rings. The molecule has 2 aromatic heterocycles.